The first-order valence-corrected chi connectivity index (χ1v) is 13.4. The molecule has 0 saturated heterocycles. The predicted octanol–water partition coefficient (Wildman–Crippen LogP) is 4.16. The predicted molar refractivity (Wildman–Crippen MR) is 131 cm³/mol. The summed E-state index contributed by atoms with van der Waals surface area (Å²) >= 11 is 3.27. The van der Waals surface area contributed by atoms with E-state index in [0.29, 0.717) is 25.0 Å². The van der Waals surface area contributed by atoms with E-state index >= 15 is 0 Å². The van der Waals surface area contributed by atoms with Gasteiger partial charge in [0.2, 0.25) is 5.91 Å². The SMILES string of the molecule is O=C1NCC2=C1[C@@H](c1cccc3ccsc13)N(C(=O)CCc1nccs1)[C@@H]1CCCC[C@H]1N2. The molecule has 1 aromatic carbocycles. The van der Waals surface area contributed by atoms with Gasteiger partial charge in [0.15, 0.2) is 0 Å². The monoisotopic (exact) mass is 478 g/mol. The molecule has 4 heterocycles. The van der Waals surface area contributed by atoms with Gasteiger partial charge in [0, 0.05) is 40.9 Å². The summed E-state index contributed by atoms with van der Waals surface area (Å²) in [7, 11) is 0. The molecule has 0 unspecified atom stereocenters. The second-order valence-corrected chi connectivity index (χ2v) is 10.9. The Kier molecular flexibility index (Phi) is 5.42. The number of rotatable bonds is 4. The van der Waals surface area contributed by atoms with Crippen LogP contribution in [0.1, 0.15) is 48.7 Å². The van der Waals surface area contributed by atoms with Gasteiger partial charge in [-0.05, 0) is 35.2 Å². The quantitative estimate of drug-likeness (QED) is 0.591. The number of aromatic nitrogens is 1. The van der Waals surface area contributed by atoms with Gasteiger partial charge in [0.25, 0.3) is 5.91 Å². The van der Waals surface area contributed by atoms with E-state index in [2.05, 4.69) is 44.1 Å². The topological polar surface area (TPSA) is 74.3 Å². The second-order valence-electron chi connectivity index (χ2n) is 8.99. The Balaban J connectivity index is 1.49. The number of aryl methyl sites for hydroxylation is 1. The molecule has 1 saturated carbocycles. The summed E-state index contributed by atoms with van der Waals surface area (Å²) in [6.07, 6.45) is 7.04. The van der Waals surface area contributed by atoms with E-state index in [1.807, 2.05) is 11.4 Å². The minimum Gasteiger partial charge on any atom is -0.382 e. The van der Waals surface area contributed by atoms with Crippen LogP contribution in [0.5, 0.6) is 0 Å². The molecule has 2 N–H and O–H groups in total. The third-order valence-corrected chi connectivity index (χ3v) is 8.94. The normalized spacial score (nSPS) is 24.8. The Morgan fingerprint density at radius 1 is 1.15 bits per heavy atom. The lowest BCUT2D eigenvalue weighted by molar-refractivity contribution is -0.137. The number of hydrogen-bond donors (Lipinski definition) is 2. The van der Waals surface area contributed by atoms with Gasteiger partial charge in [-0.15, -0.1) is 22.7 Å². The van der Waals surface area contributed by atoms with Crippen molar-refractivity contribution in [1.82, 2.24) is 20.5 Å². The van der Waals surface area contributed by atoms with Crippen molar-refractivity contribution in [3.8, 4) is 0 Å². The van der Waals surface area contributed by atoms with E-state index < -0.39 is 0 Å². The third-order valence-electron chi connectivity index (χ3n) is 7.12. The summed E-state index contributed by atoms with van der Waals surface area (Å²) in [5.74, 6) is 0.0448. The van der Waals surface area contributed by atoms with Gasteiger partial charge in [-0.3, -0.25) is 9.59 Å². The van der Waals surface area contributed by atoms with Gasteiger partial charge in [-0.1, -0.05) is 31.0 Å². The lowest BCUT2D eigenvalue weighted by Gasteiger charge is -2.43. The molecule has 33 heavy (non-hydrogen) atoms. The van der Waals surface area contributed by atoms with Crippen molar-refractivity contribution >= 4 is 44.6 Å². The second kappa shape index (κ2) is 8.57. The number of nitrogens with zero attached hydrogens (tertiary/aromatic N) is 2. The molecule has 0 spiro atoms. The molecule has 2 aromatic heterocycles. The Bertz CT molecular complexity index is 1230. The zero-order chi connectivity index (χ0) is 22.4. The number of thiazole rings is 1. The average Bonchev–Trinajstić information content (AvgIpc) is 3.57. The molecule has 1 fully saturated rings. The highest BCUT2D eigenvalue weighted by atomic mass is 32.1. The van der Waals surface area contributed by atoms with E-state index in [1.54, 1.807) is 28.9 Å². The van der Waals surface area contributed by atoms with Gasteiger partial charge < -0.3 is 15.5 Å². The number of benzene rings is 1. The van der Waals surface area contributed by atoms with Gasteiger partial charge in [0.1, 0.15) is 0 Å². The summed E-state index contributed by atoms with van der Waals surface area (Å²) in [5.41, 5.74) is 2.74. The van der Waals surface area contributed by atoms with Crippen LogP contribution in [0.2, 0.25) is 0 Å². The maximum Gasteiger partial charge on any atom is 0.251 e. The molecule has 0 bridgehead atoms. The van der Waals surface area contributed by atoms with Crippen LogP contribution < -0.4 is 10.6 Å². The maximum absolute atomic E-state index is 14.0. The van der Waals surface area contributed by atoms with Gasteiger partial charge >= 0.3 is 0 Å². The average molecular weight is 479 g/mol. The Hall–Kier alpha value is -2.71. The Morgan fingerprint density at radius 2 is 2.06 bits per heavy atom. The third kappa shape index (κ3) is 3.65. The molecule has 1 aliphatic carbocycles. The van der Waals surface area contributed by atoms with Crippen molar-refractivity contribution in [2.45, 2.75) is 56.7 Å². The number of carbonyl (C=O) groups excluding carboxylic acids is 2. The summed E-state index contributed by atoms with van der Waals surface area (Å²) in [4.78, 5) is 33.6. The first-order chi connectivity index (χ1) is 16.2. The van der Waals surface area contributed by atoms with E-state index in [0.717, 1.165) is 52.0 Å². The summed E-state index contributed by atoms with van der Waals surface area (Å²) < 4.78 is 1.15. The molecule has 3 aliphatic rings. The van der Waals surface area contributed by atoms with Crippen LogP contribution in [-0.2, 0) is 16.0 Å². The van der Waals surface area contributed by atoms with E-state index in [-0.39, 0.29) is 29.9 Å². The molecule has 170 valence electrons. The molecule has 6 rings (SSSR count). The number of carbonyl (C=O) groups is 2. The standard InChI is InChI=1S/C25H26N4O2S2/c30-21(9-8-20-26-11-13-32-20)29-19-7-2-1-6-17(19)28-18-14-27-25(31)22(18)23(29)16-5-3-4-15-10-12-33-24(15)16/h3-5,10-13,17,19,23,28H,1-2,6-9,14H2,(H,27,31)/t17-,19-,23-/m1/s1. The van der Waals surface area contributed by atoms with Gasteiger partial charge in [-0.25, -0.2) is 4.98 Å². The van der Waals surface area contributed by atoms with Crippen LogP contribution in [0, 0.1) is 0 Å². The van der Waals surface area contributed by atoms with Crippen LogP contribution in [0.4, 0.5) is 0 Å². The van der Waals surface area contributed by atoms with Crippen molar-refractivity contribution in [3.05, 3.63) is 63.1 Å². The van der Waals surface area contributed by atoms with Crippen LogP contribution in [0.25, 0.3) is 10.1 Å². The van der Waals surface area contributed by atoms with Crippen LogP contribution >= 0.6 is 22.7 Å². The molecule has 8 heteroatoms. The molecular weight excluding hydrogens is 452 g/mol. The largest absolute Gasteiger partial charge is 0.382 e. The van der Waals surface area contributed by atoms with Crippen LogP contribution in [0.3, 0.4) is 0 Å². The lowest BCUT2D eigenvalue weighted by Crippen LogP contribution is -2.53. The van der Waals surface area contributed by atoms with Crippen LogP contribution in [0.15, 0.2) is 52.5 Å². The van der Waals surface area contributed by atoms with Crippen molar-refractivity contribution in [1.29, 1.82) is 0 Å². The molecule has 2 aliphatic heterocycles. The molecule has 0 radical (unpaired) electrons. The number of nitrogens with one attached hydrogen (secondary N) is 2. The summed E-state index contributed by atoms with van der Waals surface area (Å²) in [6.45, 7) is 0.509. The van der Waals surface area contributed by atoms with Crippen molar-refractivity contribution in [2.24, 2.45) is 0 Å². The fraction of sp³-hybridized carbons (Fsp3) is 0.400. The van der Waals surface area contributed by atoms with Gasteiger partial charge in [0.05, 0.1) is 29.2 Å². The van der Waals surface area contributed by atoms with E-state index in [1.165, 1.54) is 0 Å². The van der Waals surface area contributed by atoms with Crippen molar-refractivity contribution < 1.29 is 9.59 Å². The molecule has 3 atom stereocenters. The summed E-state index contributed by atoms with van der Waals surface area (Å²) in [5, 5.41) is 12.9. The number of hydrogen-bond acceptors (Lipinski definition) is 6. The number of amides is 2. The van der Waals surface area contributed by atoms with E-state index in [4.69, 9.17) is 0 Å². The smallest absolute Gasteiger partial charge is 0.251 e. The fourth-order valence-electron chi connectivity index (χ4n) is 5.67. The lowest BCUT2D eigenvalue weighted by atomic mass is 9.87. The fourth-order valence-corrected chi connectivity index (χ4v) is 7.23. The number of thiophene rings is 1. The Morgan fingerprint density at radius 3 is 2.94 bits per heavy atom. The zero-order valence-corrected chi connectivity index (χ0v) is 19.9. The van der Waals surface area contributed by atoms with Gasteiger partial charge in [-0.2, -0.15) is 0 Å². The minimum atomic E-state index is -0.380. The minimum absolute atomic E-state index is 0.0626. The summed E-state index contributed by atoms with van der Waals surface area (Å²) in [6, 6.07) is 8.23. The molecular formula is C25H26N4O2S2. The maximum atomic E-state index is 14.0. The first-order valence-electron chi connectivity index (χ1n) is 11.6. The zero-order valence-electron chi connectivity index (χ0n) is 18.3. The highest BCUT2D eigenvalue weighted by Crippen LogP contribution is 2.43. The highest BCUT2D eigenvalue weighted by Gasteiger charge is 2.46. The first kappa shape index (κ1) is 20.9. The molecule has 2 amide bonds. The van der Waals surface area contributed by atoms with Crippen molar-refractivity contribution in [2.75, 3.05) is 6.54 Å². The van der Waals surface area contributed by atoms with Crippen molar-refractivity contribution in [3.63, 3.8) is 0 Å². The van der Waals surface area contributed by atoms with E-state index in [9.17, 15) is 9.59 Å². The highest BCUT2D eigenvalue weighted by molar-refractivity contribution is 7.17. The Labute approximate surface area is 200 Å². The van der Waals surface area contributed by atoms with Crippen LogP contribution in [-0.4, -0.2) is 40.3 Å². The molecule has 6 nitrogen and oxygen atoms in total. The molecule has 3 aromatic rings. The number of fused-ring (bicyclic) bond motifs is 2.